The molecule has 0 bridgehead atoms. The molecule has 0 unspecified atom stereocenters. The Labute approximate surface area is 111 Å². The maximum atomic E-state index is 12.3. The zero-order chi connectivity index (χ0) is 14.4. The Morgan fingerprint density at radius 2 is 2.16 bits per heavy atom. The van der Waals surface area contributed by atoms with Gasteiger partial charge in [0.05, 0.1) is 18.7 Å². The number of alkyl halides is 2. The van der Waals surface area contributed by atoms with Crippen molar-refractivity contribution in [3.8, 4) is 11.8 Å². The number of nitrogens with two attached hydrogens (primary N) is 1. The molecule has 0 saturated heterocycles. The summed E-state index contributed by atoms with van der Waals surface area (Å²) in [4.78, 5) is 13.1. The molecule has 102 valence electrons. The maximum absolute atomic E-state index is 12.3. The van der Waals surface area contributed by atoms with E-state index in [4.69, 9.17) is 5.73 Å². The fourth-order valence-electron chi connectivity index (χ4n) is 1.59. The van der Waals surface area contributed by atoms with Crippen LogP contribution >= 0.6 is 0 Å². The van der Waals surface area contributed by atoms with E-state index in [0.29, 0.717) is 11.1 Å². The third kappa shape index (κ3) is 4.34. The van der Waals surface area contributed by atoms with Crippen molar-refractivity contribution in [2.75, 3.05) is 20.1 Å². The lowest BCUT2D eigenvalue weighted by Crippen LogP contribution is -2.31. The van der Waals surface area contributed by atoms with Gasteiger partial charge >= 0.3 is 0 Å². The molecule has 0 saturated carbocycles. The van der Waals surface area contributed by atoms with Crippen LogP contribution in [0.15, 0.2) is 18.2 Å². The monoisotopic (exact) mass is 266 g/mol. The molecule has 0 fully saturated rings. The van der Waals surface area contributed by atoms with Crippen LogP contribution in [-0.4, -0.2) is 37.4 Å². The minimum Gasteiger partial charge on any atom is -0.336 e. The number of aryl methyl sites for hydroxylation is 1. The fourth-order valence-corrected chi connectivity index (χ4v) is 1.59. The Kier molecular flexibility index (Phi) is 5.46. The average molecular weight is 266 g/mol. The van der Waals surface area contributed by atoms with Gasteiger partial charge in [0.1, 0.15) is 0 Å². The molecule has 0 radical (unpaired) electrons. The van der Waals surface area contributed by atoms with Crippen LogP contribution in [-0.2, 0) is 0 Å². The van der Waals surface area contributed by atoms with Crippen LogP contribution in [0.5, 0.6) is 0 Å². The summed E-state index contributed by atoms with van der Waals surface area (Å²) in [7, 11) is 1.34. The van der Waals surface area contributed by atoms with Gasteiger partial charge in [0, 0.05) is 12.6 Å². The molecule has 5 heteroatoms. The van der Waals surface area contributed by atoms with Crippen LogP contribution < -0.4 is 5.73 Å². The highest BCUT2D eigenvalue weighted by molar-refractivity contribution is 5.96. The van der Waals surface area contributed by atoms with Crippen LogP contribution in [0.1, 0.15) is 21.5 Å². The highest BCUT2D eigenvalue weighted by Crippen LogP contribution is 2.13. The van der Waals surface area contributed by atoms with E-state index in [-0.39, 0.29) is 6.54 Å². The topological polar surface area (TPSA) is 46.3 Å². The number of carbonyl (C=O) groups is 1. The summed E-state index contributed by atoms with van der Waals surface area (Å²) in [5.41, 5.74) is 7.06. The first-order valence-corrected chi connectivity index (χ1v) is 5.79. The predicted octanol–water partition coefficient (Wildman–Crippen LogP) is 1.64. The Morgan fingerprint density at radius 1 is 1.47 bits per heavy atom. The first kappa shape index (κ1) is 15.1. The summed E-state index contributed by atoms with van der Waals surface area (Å²) in [5.74, 6) is 4.99. The summed E-state index contributed by atoms with van der Waals surface area (Å²) in [5, 5.41) is 0. The van der Waals surface area contributed by atoms with Gasteiger partial charge in [0.25, 0.3) is 12.3 Å². The number of nitrogens with zero attached hydrogens (tertiary/aromatic N) is 1. The molecule has 0 spiro atoms. The molecule has 1 aromatic carbocycles. The van der Waals surface area contributed by atoms with E-state index >= 15 is 0 Å². The Bertz CT molecular complexity index is 518. The molecule has 0 aliphatic carbocycles. The van der Waals surface area contributed by atoms with Gasteiger partial charge in [-0.05, 0) is 24.6 Å². The van der Waals surface area contributed by atoms with Crippen molar-refractivity contribution in [3.63, 3.8) is 0 Å². The molecule has 3 nitrogen and oxygen atoms in total. The Morgan fingerprint density at radius 3 is 2.74 bits per heavy atom. The highest BCUT2D eigenvalue weighted by Gasteiger charge is 2.18. The molecule has 1 aromatic rings. The van der Waals surface area contributed by atoms with Crippen molar-refractivity contribution in [1.29, 1.82) is 0 Å². The molecule has 0 aromatic heterocycles. The second kappa shape index (κ2) is 6.86. The SMILES string of the molecule is Cc1ccc(C(=O)N(C)CC(F)F)c(C#CCN)c1. The third-order valence-corrected chi connectivity index (χ3v) is 2.49. The van der Waals surface area contributed by atoms with Crippen molar-refractivity contribution < 1.29 is 13.6 Å². The van der Waals surface area contributed by atoms with Gasteiger partial charge in [-0.2, -0.15) is 0 Å². The molecule has 0 aliphatic heterocycles. The molecule has 19 heavy (non-hydrogen) atoms. The second-order valence-corrected chi connectivity index (χ2v) is 4.13. The number of carbonyl (C=O) groups excluding carboxylic acids is 1. The third-order valence-electron chi connectivity index (χ3n) is 2.49. The van der Waals surface area contributed by atoms with Crippen molar-refractivity contribution in [3.05, 3.63) is 34.9 Å². The predicted molar refractivity (Wildman–Crippen MR) is 70.1 cm³/mol. The number of halogens is 2. The lowest BCUT2D eigenvalue weighted by atomic mass is 10.0. The van der Waals surface area contributed by atoms with Crippen LogP contribution in [0.25, 0.3) is 0 Å². The number of hydrogen-bond acceptors (Lipinski definition) is 2. The van der Waals surface area contributed by atoms with E-state index in [1.807, 2.05) is 6.92 Å². The van der Waals surface area contributed by atoms with E-state index in [0.717, 1.165) is 10.5 Å². The number of amides is 1. The molecule has 0 atom stereocenters. The van der Waals surface area contributed by atoms with Gasteiger partial charge in [-0.25, -0.2) is 8.78 Å². The number of rotatable bonds is 3. The van der Waals surface area contributed by atoms with Gasteiger partial charge in [0.2, 0.25) is 0 Å². The van der Waals surface area contributed by atoms with Crippen molar-refractivity contribution >= 4 is 5.91 Å². The molecule has 0 aliphatic rings. The number of hydrogen-bond donors (Lipinski definition) is 1. The molecule has 0 heterocycles. The van der Waals surface area contributed by atoms with Gasteiger partial charge in [0.15, 0.2) is 0 Å². The zero-order valence-electron chi connectivity index (χ0n) is 10.9. The Balaban J connectivity index is 3.08. The smallest absolute Gasteiger partial charge is 0.255 e. The first-order valence-electron chi connectivity index (χ1n) is 5.79. The summed E-state index contributed by atoms with van der Waals surface area (Å²) in [6, 6.07) is 5.09. The molecule has 1 amide bonds. The minimum absolute atomic E-state index is 0.175. The van der Waals surface area contributed by atoms with Crippen LogP contribution in [0.4, 0.5) is 8.78 Å². The average Bonchev–Trinajstić information content (AvgIpc) is 2.34. The van der Waals surface area contributed by atoms with E-state index in [1.165, 1.54) is 7.05 Å². The van der Waals surface area contributed by atoms with Crippen LogP contribution in [0.3, 0.4) is 0 Å². The lowest BCUT2D eigenvalue weighted by molar-refractivity contribution is 0.0620. The van der Waals surface area contributed by atoms with Crippen molar-refractivity contribution in [2.45, 2.75) is 13.3 Å². The summed E-state index contributed by atoms with van der Waals surface area (Å²) >= 11 is 0. The van der Waals surface area contributed by atoms with E-state index in [9.17, 15) is 13.6 Å². The van der Waals surface area contributed by atoms with E-state index in [1.54, 1.807) is 18.2 Å². The van der Waals surface area contributed by atoms with Gasteiger partial charge < -0.3 is 10.6 Å². The lowest BCUT2D eigenvalue weighted by Gasteiger charge is -2.17. The Hall–Kier alpha value is -1.93. The molecule has 2 N–H and O–H groups in total. The largest absolute Gasteiger partial charge is 0.336 e. The molecular formula is C14H16F2N2O. The standard InChI is InChI=1S/C14H16F2N2O/c1-10-5-6-12(11(8-10)4-3-7-17)14(19)18(2)9-13(15)16/h5-6,8,13H,7,9,17H2,1-2H3. The van der Waals surface area contributed by atoms with E-state index < -0.39 is 18.9 Å². The van der Waals surface area contributed by atoms with Gasteiger partial charge in [-0.15, -0.1) is 0 Å². The van der Waals surface area contributed by atoms with Gasteiger partial charge in [-0.3, -0.25) is 4.79 Å². The first-order chi connectivity index (χ1) is 8.95. The molecular weight excluding hydrogens is 250 g/mol. The second-order valence-electron chi connectivity index (χ2n) is 4.13. The maximum Gasteiger partial charge on any atom is 0.255 e. The van der Waals surface area contributed by atoms with Crippen LogP contribution in [0, 0.1) is 18.8 Å². The minimum atomic E-state index is -2.56. The normalized spacial score (nSPS) is 10.0. The molecule has 1 rings (SSSR count). The highest BCUT2D eigenvalue weighted by atomic mass is 19.3. The fraction of sp³-hybridized carbons (Fsp3) is 0.357. The summed E-state index contributed by atoms with van der Waals surface area (Å²) in [6.45, 7) is 1.44. The van der Waals surface area contributed by atoms with Crippen molar-refractivity contribution in [2.24, 2.45) is 5.73 Å². The number of benzene rings is 1. The summed E-state index contributed by atoms with van der Waals surface area (Å²) in [6.07, 6.45) is -2.56. The zero-order valence-corrected chi connectivity index (χ0v) is 10.9. The van der Waals surface area contributed by atoms with E-state index in [2.05, 4.69) is 11.8 Å². The van der Waals surface area contributed by atoms with Gasteiger partial charge in [-0.1, -0.05) is 17.9 Å². The summed E-state index contributed by atoms with van der Waals surface area (Å²) < 4.78 is 24.6. The van der Waals surface area contributed by atoms with Crippen LogP contribution in [0.2, 0.25) is 0 Å². The quantitative estimate of drug-likeness (QED) is 0.845. The van der Waals surface area contributed by atoms with Crippen molar-refractivity contribution in [1.82, 2.24) is 4.90 Å².